The number of anilines is 3. The van der Waals surface area contributed by atoms with E-state index in [1.54, 1.807) is 0 Å². The molecule has 0 saturated heterocycles. The van der Waals surface area contributed by atoms with Crippen LogP contribution in [-0.4, -0.2) is 15.0 Å². The van der Waals surface area contributed by atoms with Crippen molar-refractivity contribution in [3.8, 4) is 45.3 Å². The Labute approximate surface area is 274 Å². The Morgan fingerprint density at radius 2 is 0.830 bits per heavy atom. The summed E-state index contributed by atoms with van der Waals surface area (Å²) in [4.78, 5) is 17.7. The fourth-order valence-electron chi connectivity index (χ4n) is 5.99. The second-order valence-electron chi connectivity index (χ2n) is 11.3. The van der Waals surface area contributed by atoms with Gasteiger partial charge < -0.3 is 4.90 Å². The largest absolute Gasteiger partial charge is 0.310 e. The van der Waals surface area contributed by atoms with Crippen LogP contribution in [0.15, 0.2) is 182 Å². The molecule has 0 saturated carbocycles. The molecule has 0 spiro atoms. The van der Waals surface area contributed by atoms with E-state index in [0.29, 0.717) is 17.5 Å². The highest BCUT2D eigenvalue weighted by Gasteiger charge is 2.20. The summed E-state index contributed by atoms with van der Waals surface area (Å²) >= 11 is 0. The number of nitrogens with zero attached hydrogens (tertiary/aromatic N) is 4. The van der Waals surface area contributed by atoms with E-state index in [0.717, 1.165) is 50.3 Å². The van der Waals surface area contributed by atoms with Crippen LogP contribution in [0.5, 0.6) is 0 Å². The number of aromatic nitrogens is 3. The molecule has 0 aliphatic rings. The molecule has 222 valence electrons. The zero-order valence-corrected chi connectivity index (χ0v) is 25.6. The molecule has 0 bridgehead atoms. The Balaban J connectivity index is 1.34. The summed E-state index contributed by atoms with van der Waals surface area (Å²) in [6.45, 7) is 0. The maximum atomic E-state index is 5.18. The molecule has 0 amide bonds. The molecule has 8 rings (SSSR count). The zero-order valence-electron chi connectivity index (χ0n) is 25.6. The van der Waals surface area contributed by atoms with Gasteiger partial charge in [-0.25, -0.2) is 15.0 Å². The second kappa shape index (κ2) is 12.5. The molecule has 0 atom stereocenters. The molecule has 4 heteroatoms. The molecule has 1 aromatic heterocycles. The molecule has 8 aromatic rings. The van der Waals surface area contributed by atoms with E-state index in [4.69, 9.17) is 15.0 Å². The Morgan fingerprint density at radius 3 is 1.53 bits per heavy atom. The van der Waals surface area contributed by atoms with Gasteiger partial charge in [0, 0.05) is 28.1 Å². The van der Waals surface area contributed by atoms with Gasteiger partial charge in [0.1, 0.15) is 0 Å². The van der Waals surface area contributed by atoms with Gasteiger partial charge in [-0.15, -0.1) is 0 Å². The number of hydrogen-bond acceptors (Lipinski definition) is 4. The highest BCUT2D eigenvalue weighted by atomic mass is 15.1. The van der Waals surface area contributed by atoms with Gasteiger partial charge in [0.05, 0.1) is 5.69 Å². The quantitative estimate of drug-likeness (QED) is 0.182. The summed E-state index contributed by atoms with van der Waals surface area (Å²) < 4.78 is 0. The molecule has 47 heavy (non-hydrogen) atoms. The van der Waals surface area contributed by atoms with Crippen molar-refractivity contribution in [2.24, 2.45) is 0 Å². The molecule has 0 radical (unpaired) electrons. The van der Waals surface area contributed by atoms with Crippen LogP contribution in [0, 0.1) is 0 Å². The lowest BCUT2D eigenvalue weighted by molar-refractivity contribution is 1.07. The first-order valence-electron chi connectivity index (χ1n) is 15.7. The fourth-order valence-corrected chi connectivity index (χ4v) is 5.99. The highest BCUT2D eigenvalue weighted by molar-refractivity contribution is 5.88. The van der Waals surface area contributed by atoms with Crippen molar-refractivity contribution in [3.63, 3.8) is 0 Å². The maximum absolute atomic E-state index is 5.18. The van der Waals surface area contributed by atoms with Crippen molar-refractivity contribution in [1.29, 1.82) is 0 Å². The minimum Gasteiger partial charge on any atom is -0.310 e. The molecule has 7 aromatic carbocycles. The number of benzene rings is 7. The van der Waals surface area contributed by atoms with Gasteiger partial charge in [-0.05, 0) is 70.4 Å². The van der Waals surface area contributed by atoms with Gasteiger partial charge in [-0.3, -0.25) is 0 Å². The van der Waals surface area contributed by atoms with Gasteiger partial charge in [0.2, 0.25) is 0 Å². The summed E-state index contributed by atoms with van der Waals surface area (Å²) in [5, 5.41) is 2.31. The monoisotopic (exact) mass is 602 g/mol. The predicted octanol–water partition coefficient (Wildman–Crippen LogP) is 11.2. The van der Waals surface area contributed by atoms with Crippen molar-refractivity contribution < 1.29 is 0 Å². The van der Waals surface area contributed by atoms with Crippen LogP contribution < -0.4 is 4.90 Å². The number of rotatable bonds is 7. The Bertz CT molecular complexity index is 2260. The minimum absolute atomic E-state index is 0.607. The van der Waals surface area contributed by atoms with Crippen LogP contribution >= 0.6 is 0 Å². The lowest BCUT2D eigenvalue weighted by Gasteiger charge is -2.27. The van der Waals surface area contributed by atoms with Crippen LogP contribution in [0.2, 0.25) is 0 Å². The van der Waals surface area contributed by atoms with Gasteiger partial charge in [-0.2, -0.15) is 0 Å². The van der Waals surface area contributed by atoms with Gasteiger partial charge in [0.25, 0.3) is 0 Å². The lowest BCUT2D eigenvalue weighted by Crippen LogP contribution is -2.12. The smallest absolute Gasteiger partial charge is 0.166 e. The topological polar surface area (TPSA) is 41.9 Å². The predicted molar refractivity (Wildman–Crippen MR) is 194 cm³/mol. The molecule has 0 aliphatic heterocycles. The summed E-state index contributed by atoms with van der Waals surface area (Å²) in [5.74, 6) is 1.86. The van der Waals surface area contributed by atoms with E-state index in [9.17, 15) is 0 Å². The molecule has 4 nitrogen and oxygen atoms in total. The molecule has 0 aliphatic carbocycles. The second-order valence-corrected chi connectivity index (χ2v) is 11.3. The third-order valence-electron chi connectivity index (χ3n) is 8.29. The normalized spacial score (nSPS) is 11.0. The summed E-state index contributed by atoms with van der Waals surface area (Å²) in [7, 11) is 0. The SMILES string of the molecule is c1ccc(-c2cccc(-c3nc(-c4ccc5ccccc5c4)nc(-c4ccccc4N(c4ccccc4)c4ccccc4)n3)c2)cc1. The average Bonchev–Trinajstić information content (AvgIpc) is 3.16. The Kier molecular flexibility index (Phi) is 7.50. The first-order valence-corrected chi connectivity index (χ1v) is 15.7. The summed E-state index contributed by atoms with van der Waals surface area (Å²) in [6.07, 6.45) is 0. The Morgan fingerprint density at radius 1 is 0.319 bits per heavy atom. The first kappa shape index (κ1) is 28.1. The maximum Gasteiger partial charge on any atom is 0.166 e. The first-order chi connectivity index (χ1) is 23.3. The van der Waals surface area contributed by atoms with Crippen LogP contribution in [0.3, 0.4) is 0 Å². The molecule has 1 heterocycles. The molecule has 0 N–H and O–H groups in total. The van der Waals surface area contributed by atoms with Crippen molar-refractivity contribution in [2.75, 3.05) is 4.90 Å². The van der Waals surface area contributed by atoms with Gasteiger partial charge in [0.15, 0.2) is 17.5 Å². The molecule has 0 unspecified atom stereocenters. The highest BCUT2D eigenvalue weighted by Crippen LogP contribution is 2.40. The molecule has 0 fully saturated rings. The van der Waals surface area contributed by atoms with Crippen molar-refractivity contribution >= 4 is 27.8 Å². The van der Waals surface area contributed by atoms with Crippen LogP contribution in [0.1, 0.15) is 0 Å². The van der Waals surface area contributed by atoms with Gasteiger partial charge in [-0.1, -0.05) is 133 Å². The Hall–Kier alpha value is -6.39. The van der Waals surface area contributed by atoms with Crippen LogP contribution in [-0.2, 0) is 0 Å². The van der Waals surface area contributed by atoms with E-state index in [2.05, 4.69) is 163 Å². The van der Waals surface area contributed by atoms with Crippen molar-refractivity contribution in [2.45, 2.75) is 0 Å². The number of hydrogen-bond donors (Lipinski definition) is 0. The van der Waals surface area contributed by atoms with Gasteiger partial charge >= 0.3 is 0 Å². The standard InChI is InChI=1S/C43H30N4/c1-4-15-31(16-5-1)34-19-14-20-35(29-34)41-44-42(36-28-27-32-17-10-11-18-33(32)30-36)46-43(45-41)39-25-12-13-26-40(39)47(37-21-6-2-7-22-37)38-23-8-3-9-24-38/h1-30H. The number of para-hydroxylation sites is 3. The fraction of sp³-hybridized carbons (Fsp3) is 0. The van der Waals surface area contributed by atoms with E-state index in [1.165, 1.54) is 5.39 Å². The van der Waals surface area contributed by atoms with Crippen molar-refractivity contribution in [3.05, 3.63) is 182 Å². The lowest BCUT2D eigenvalue weighted by atomic mass is 10.0. The van der Waals surface area contributed by atoms with E-state index < -0.39 is 0 Å². The van der Waals surface area contributed by atoms with E-state index in [1.807, 2.05) is 24.3 Å². The van der Waals surface area contributed by atoms with E-state index >= 15 is 0 Å². The summed E-state index contributed by atoms with van der Waals surface area (Å²) in [6, 6.07) is 62.7. The third kappa shape index (κ3) is 5.76. The average molecular weight is 603 g/mol. The minimum atomic E-state index is 0.607. The number of fused-ring (bicyclic) bond motifs is 1. The van der Waals surface area contributed by atoms with Crippen LogP contribution in [0.25, 0.3) is 56.1 Å². The summed E-state index contributed by atoms with van der Waals surface area (Å²) in [5.41, 5.74) is 8.10. The molecular formula is C43H30N4. The third-order valence-corrected chi connectivity index (χ3v) is 8.29. The zero-order chi connectivity index (χ0) is 31.4. The molecular weight excluding hydrogens is 573 g/mol. The van der Waals surface area contributed by atoms with Crippen LogP contribution in [0.4, 0.5) is 17.1 Å². The van der Waals surface area contributed by atoms with Crippen molar-refractivity contribution in [1.82, 2.24) is 15.0 Å². The van der Waals surface area contributed by atoms with E-state index in [-0.39, 0.29) is 0 Å².